The van der Waals surface area contributed by atoms with Crippen molar-refractivity contribution < 1.29 is 9.53 Å². The summed E-state index contributed by atoms with van der Waals surface area (Å²) in [6, 6.07) is 15.1. The van der Waals surface area contributed by atoms with Crippen LogP contribution in [0.25, 0.3) is 0 Å². The maximum atomic E-state index is 11.7. The van der Waals surface area contributed by atoms with Crippen molar-refractivity contribution in [3.8, 4) is 6.07 Å². The molecule has 0 spiro atoms. The van der Waals surface area contributed by atoms with Crippen LogP contribution in [0.3, 0.4) is 0 Å². The Bertz CT molecular complexity index is 816. The first-order valence-electron chi connectivity index (χ1n) is 7.59. The molecule has 1 unspecified atom stereocenters. The number of carbonyl (C=O) groups is 1. The van der Waals surface area contributed by atoms with E-state index in [2.05, 4.69) is 5.32 Å². The highest BCUT2D eigenvalue weighted by Gasteiger charge is 2.23. The third-order valence-electron chi connectivity index (χ3n) is 3.92. The van der Waals surface area contributed by atoms with E-state index in [1.807, 2.05) is 43.3 Å². The second-order valence-corrected chi connectivity index (χ2v) is 5.94. The minimum atomic E-state index is -0.313. The van der Waals surface area contributed by atoms with Crippen LogP contribution in [0, 0.1) is 11.3 Å². The van der Waals surface area contributed by atoms with Gasteiger partial charge in [0.05, 0.1) is 17.1 Å². The van der Waals surface area contributed by atoms with Crippen molar-refractivity contribution in [2.75, 3.05) is 23.4 Å². The number of nitrogens with zero attached hydrogens (tertiary/aromatic N) is 2. The molecule has 0 radical (unpaired) electrons. The highest BCUT2D eigenvalue weighted by Crippen LogP contribution is 2.27. The number of rotatable bonds is 4. The van der Waals surface area contributed by atoms with Crippen molar-refractivity contribution in [2.45, 2.75) is 13.0 Å². The number of ether oxygens (including phenoxy) is 1. The summed E-state index contributed by atoms with van der Waals surface area (Å²) in [5.41, 5.74) is 3.14. The van der Waals surface area contributed by atoms with Crippen LogP contribution in [0.2, 0.25) is 5.02 Å². The molecule has 2 aromatic carbocycles. The first kappa shape index (κ1) is 16.2. The van der Waals surface area contributed by atoms with Gasteiger partial charge in [-0.25, -0.2) is 4.79 Å². The summed E-state index contributed by atoms with van der Waals surface area (Å²) < 4.78 is 4.98. The Labute approximate surface area is 145 Å². The molecule has 1 heterocycles. The number of nitrogens with one attached hydrogen (secondary N) is 1. The number of anilines is 2. The average Bonchev–Trinajstić information content (AvgIpc) is 3.01. The van der Waals surface area contributed by atoms with Gasteiger partial charge in [-0.15, -0.1) is 0 Å². The maximum absolute atomic E-state index is 11.7. The molecule has 2 aromatic rings. The molecule has 122 valence electrons. The zero-order chi connectivity index (χ0) is 17.1. The fraction of sp³-hybridized carbons (Fsp3) is 0.222. The first-order valence-corrected chi connectivity index (χ1v) is 7.97. The zero-order valence-electron chi connectivity index (χ0n) is 13.1. The largest absolute Gasteiger partial charge is 0.447 e. The van der Waals surface area contributed by atoms with Crippen molar-refractivity contribution >= 4 is 29.1 Å². The van der Waals surface area contributed by atoms with Crippen molar-refractivity contribution in [3.05, 3.63) is 58.6 Å². The molecule has 1 N–H and O–H groups in total. The van der Waals surface area contributed by atoms with Crippen LogP contribution in [-0.2, 0) is 4.74 Å². The molecular weight excluding hydrogens is 326 g/mol. The Morgan fingerprint density at radius 1 is 1.33 bits per heavy atom. The molecule has 0 bridgehead atoms. The topological polar surface area (TPSA) is 65.4 Å². The number of amides is 1. The van der Waals surface area contributed by atoms with E-state index in [4.69, 9.17) is 21.6 Å². The van der Waals surface area contributed by atoms with Gasteiger partial charge in [0, 0.05) is 17.4 Å². The second kappa shape index (κ2) is 6.81. The smallest absolute Gasteiger partial charge is 0.414 e. The molecule has 1 aliphatic heterocycles. The lowest BCUT2D eigenvalue weighted by molar-refractivity contribution is 0.181. The molecule has 3 rings (SSSR count). The van der Waals surface area contributed by atoms with Gasteiger partial charge in [-0.3, -0.25) is 4.90 Å². The van der Waals surface area contributed by atoms with Gasteiger partial charge in [-0.2, -0.15) is 5.26 Å². The molecule has 1 aliphatic rings. The molecule has 5 nitrogen and oxygen atoms in total. The molecule has 0 aromatic heterocycles. The summed E-state index contributed by atoms with van der Waals surface area (Å²) >= 11 is 6.07. The van der Waals surface area contributed by atoms with Crippen molar-refractivity contribution in [3.63, 3.8) is 0 Å². The van der Waals surface area contributed by atoms with Gasteiger partial charge < -0.3 is 10.1 Å². The van der Waals surface area contributed by atoms with E-state index in [0.29, 0.717) is 23.7 Å². The van der Waals surface area contributed by atoms with Crippen LogP contribution in [0.4, 0.5) is 16.2 Å². The number of cyclic esters (lactones) is 1. The minimum absolute atomic E-state index is 0.00701. The van der Waals surface area contributed by atoms with E-state index >= 15 is 0 Å². The highest BCUT2D eigenvalue weighted by molar-refractivity contribution is 6.32. The van der Waals surface area contributed by atoms with Gasteiger partial charge in [-0.1, -0.05) is 23.7 Å². The molecule has 24 heavy (non-hydrogen) atoms. The predicted octanol–water partition coefficient (Wildman–Crippen LogP) is 4.34. The normalized spacial score (nSPS) is 14.9. The second-order valence-electron chi connectivity index (χ2n) is 5.53. The molecular formula is C18H16ClN3O2. The van der Waals surface area contributed by atoms with E-state index in [0.717, 1.165) is 16.9 Å². The fourth-order valence-corrected chi connectivity index (χ4v) is 2.84. The Morgan fingerprint density at radius 2 is 2.17 bits per heavy atom. The quantitative estimate of drug-likeness (QED) is 0.898. The van der Waals surface area contributed by atoms with Crippen LogP contribution in [-0.4, -0.2) is 19.2 Å². The molecule has 1 saturated heterocycles. The number of carbonyl (C=O) groups excluding carboxylic acids is 1. The summed E-state index contributed by atoms with van der Waals surface area (Å²) in [5, 5.41) is 12.7. The average molecular weight is 342 g/mol. The van der Waals surface area contributed by atoms with Gasteiger partial charge in [0.2, 0.25) is 0 Å². The molecule has 1 fully saturated rings. The Morgan fingerprint density at radius 3 is 2.83 bits per heavy atom. The van der Waals surface area contributed by atoms with E-state index in [9.17, 15) is 4.79 Å². The summed E-state index contributed by atoms with van der Waals surface area (Å²) in [7, 11) is 0. The number of hydrogen-bond donors (Lipinski definition) is 1. The molecule has 0 saturated carbocycles. The van der Waals surface area contributed by atoms with Gasteiger partial charge in [0.1, 0.15) is 12.7 Å². The summed E-state index contributed by atoms with van der Waals surface area (Å²) in [5.74, 6) is 0. The Balaban J connectivity index is 1.78. The lowest BCUT2D eigenvalue weighted by Crippen LogP contribution is -2.23. The number of nitriles is 1. The Kier molecular flexibility index (Phi) is 4.59. The zero-order valence-corrected chi connectivity index (χ0v) is 13.9. The Hall–Kier alpha value is -2.71. The van der Waals surface area contributed by atoms with E-state index < -0.39 is 0 Å². The fourth-order valence-electron chi connectivity index (χ4n) is 2.62. The van der Waals surface area contributed by atoms with Gasteiger partial charge in [0.15, 0.2) is 0 Å². The molecule has 1 amide bonds. The minimum Gasteiger partial charge on any atom is -0.447 e. The number of hydrogen-bond acceptors (Lipinski definition) is 4. The van der Waals surface area contributed by atoms with E-state index in [1.54, 1.807) is 17.0 Å². The predicted molar refractivity (Wildman–Crippen MR) is 93.3 cm³/mol. The van der Waals surface area contributed by atoms with Gasteiger partial charge in [-0.05, 0) is 42.8 Å². The third kappa shape index (κ3) is 3.29. The van der Waals surface area contributed by atoms with Crippen LogP contribution in [0.15, 0.2) is 42.5 Å². The number of benzene rings is 2. The van der Waals surface area contributed by atoms with Gasteiger partial charge >= 0.3 is 6.09 Å². The number of halogens is 1. The molecule has 6 heteroatoms. The van der Waals surface area contributed by atoms with Crippen LogP contribution in [0.1, 0.15) is 24.1 Å². The molecule has 1 atom stereocenters. The van der Waals surface area contributed by atoms with Crippen molar-refractivity contribution in [1.82, 2.24) is 0 Å². The monoisotopic (exact) mass is 341 g/mol. The lowest BCUT2D eigenvalue weighted by Gasteiger charge is -2.19. The van der Waals surface area contributed by atoms with Crippen LogP contribution < -0.4 is 10.2 Å². The van der Waals surface area contributed by atoms with E-state index in [-0.39, 0.29) is 12.1 Å². The third-order valence-corrected chi connectivity index (χ3v) is 4.23. The van der Waals surface area contributed by atoms with Crippen molar-refractivity contribution in [2.24, 2.45) is 0 Å². The van der Waals surface area contributed by atoms with Crippen LogP contribution in [0.5, 0.6) is 0 Å². The van der Waals surface area contributed by atoms with Gasteiger partial charge in [0.25, 0.3) is 0 Å². The summed E-state index contributed by atoms with van der Waals surface area (Å²) in [6.45, 7) is 3.00. The van der Waals surface area contributed by atoms with Crippen LogP contribution >= 0.6 is 11.6 Å². The van der Waals surface area contributed by atoms with Crippen molar-refractivity contribution in [1.29, 1.82) is 5.26 Å². The maximum Gasteiger partial charge on any atom is 0.414 e. The highest BCUT2D eigenvalue weighted by atomic mass is 35.5. The summed E-state index contributed by atoms with van der Waals surface area (Å²) in [6.07, 6.45) is -0.313. The first-order chi connectivity index (χ1) is 11.6. The standard InChI is InChI=1S/C18H16ClN3O2/c1-12(21-15-6-5-14(11-20)17(19)10-15)13-3-2-4-16(9-13)22-7-8-24-18(22)23/h2-6,9-10,12,21H,7-8H2,1H3. The SMILES string of the molecule is CC(Nc1ccc(C#N)c(Cl)c1)c1cccc(N2CCOC2=O)c1. The summed E-state index contributed by atoms with van der Waals surface area (Å²) in [4.78, 5) is 13.3. The van der Waals surface area contributed by atoms with E-state index in [1.165, 1.54) is 0 Å². The molecule has 0 aliphatic carbocycles. The lowest BCUT2D eigenvalue weighted by atomic mass is 10.1.